The third-order valence-electron chi connectivity index (χ3n) is 9.78. The quantitative estimate of drug-likeness (QED) is 0.185. The van der Waals surface area contributed by atoms with Crippen LogP contribution >= 0.6 is 0 Å². The van der Waals surface area contributed by atoms with Crippen LogP contribution in [0.5, 0.6) is 0 Å². The molecule has 2 heterocycles. The van der Waals surface area contributed by atoms with Gasteiger partial charge in [0, 0.05) is 31.0 Å². The summed E-state index contributed by atoms with van der Waals surface area (Å²) in [5.74, 6) is -4.39. The molecule has 0 radical (unpaired) electrons. The van der Waals surface area contributed by atoms with Crippen LogP contribution in [-0.4, -0.2) is 113 Å². The minimum atomic E-state index is -3.99. The fourth-order valence-electron chi connectivity index (χ4n) is 6.72. The highest BCUT2D eigenvalue weighted by Gasteiger charge is 2.62. The van der Waals surface area contributed by atoms with Crippen LogP contribution in [0.3, 0.4) is 0 Å². The number of halogens is 1. The van der Waals surface area contributed by atoms with Gasteiger partial charge in [-0.2, -0.15) is 0 Å². The van der Waals surface area contributed by atoms with Crippen LogP contribution in [0.25, 0.3) is 0 Å². The van der Waals surface area contributed by atoms with Gasteiger partial charge < -0.3 is 29.9 Å². The smallest absolute Gasteiger partial charge is 0.410 e. The fraction of sp³-hybridized carbons (Fsp3) is 0.514. The molecule has 0 aromatic heterocycles. The predicted octanol–water partition coefficient (Wildman–Crippen LogP) is 2.01. The highest BCUT2D eigenvalue weighted by molar-refractivity contribution is 7.91. The van der Waals surface area contributed by atoms with E-state index in [2.05, 4.69) is 35.1 Å². The van der Waals surface area contributed by atoms with Crippen molar-refractivity contribution in [3.8, 4) is 0 Å². The van der Waals surface area contributed by atoms with Crippen LogP contribution in [0, 0.1) is 11.7 Å². The van der Waals surface area contributed by atoms with Gasteiger partial charge in [-0.15, -0.1) is 13.2 Å². The van der Waals surface area contributed by atoms with Crippen molar-refractivity contribution in [1.29, 1.82) is 0 Å². The van der Waals surface area contributed by atoms with Crippen molar-refractivity contribution < 1.29 is 51.0 Å². The van der Waals surface area contributed by atoms with Crippen LogP contribution in [0.2, 0.25) is 0 Å². The summed E-state index contributed by atoms with van der Waals surface area (Å²) in [4.78, 5) is 84.9. The molecule has 0 bridgehead atoms. The molecule has 3 N–H and O–H groups in total. The summed E-state index contributed by atoms with van der Waals surface area (Å²) in [6, 6.07) is 1.56. The molecule has 16 nitrogen and oxygen atoms in total. The van der Waals surface area contributed by atoms with E-state index in [0.717, 1.165) is 11.0 Å². The van der Waals surface area contributed by atoms with Gasteiger partial charge in [0.1, 0.15) is 35.1 Å². The third-order valence-corrected chi connectivity index (χ3v) is 11.6. The Bertz CT molecular complexity index is 1900. The predicted molar refractivity (Wildman–Crippen MR) is 195 cm³/mol. The summed E-state index contributed by atoms with van der Waals surface area (Å²) in [5, 5.41) is 4.42. The Morgan fingerprint density at radius 3 is 2.40 bits per heavy atom. The average Bonchev–Trinajstić information content (AvgIpc) is 4.00. The molecule has 1 aromatic rings. The molecule has 1 aromatic carbocycles. The molecule has 5 atom stereocenters. The normalized spacial score (nSPS) is 23.4. The van der Waals surface area contributed by atoms with Crippen LogP contribution in [0.15, 0.2) is 56.2 Å². The summed E-state index contributed by atoms with van der Waals surface area (Å²) in [6.45, 7) is 14.9. The number of ether oxygens (including phenoxy) is 2. The number of fused-ring (bicyclic) bond motifs is 1. The van der Waals surface area contributed by atoms with Crippen molar-refractivity contribution >= 4 is 45.8 Å². The molecule has 298 valence electrons. The van der Waals surface area contributed by atoms with E-state index in [1.807, 2.05) is 0 Å². The first kappa shape index (κ1) is 40.9. The number of rotatable bonds is 14. The SMILES string of the molecule is C=CCN(C[C@H](NC(=O)OC(C)(C)C)C(=O)N1C[C@H](OC(=O)N2Cc3cccc(F)c3C2)CC1C(=O)N[C@]1(C(=O)NS(=O)(=O)C2CC2)C[C@H]1C=C)C(=O)C=C. The molecule has 3 fully saturated rings. The van der Waals surface area contributed by atoms with Gasteiger partial charge >= 0.3 is 12.2 Å². The largest absolute Gasteiger partial charge is 0.444 e. The Morgan fingerprint density at radius 1 is 1.11 bits per heavy atom. The molecule has 18 heteroatoms. The van der Waals surface area contributed by atoms with Gasteiger partial charge in [0.15, 0.2) is 0 Å². The van der Waals surface area contributed by atoms with E-state index in [1.54, 1.807) is 26.8 Å². The minimum absolute atomic E-state index is 0.0302. The maximum Gasteiger partial charge on any atom is 0.410 e. The van der Waals surface area contributed by atoms with E-state index in [1.165, 1.54) is 34.1 Å². The van der Waals surface area contributed by atoms with Crippen molar-refractivity contribution in [3.63, 3.8) is 0 Å². The second-order valence-electron chi connectivity index (χ2n) is 15.1. The van der Waals surface area contributed by atoms with Crippen molar-refractivity contribution in [2.24, 2.45) is 5.92 Å². The maximum atomic E-state index is 14.5. The first-order valence-corrected chi connectivity index (χ1v) is 19.4. The summed E-state index contributed by atoms with van der Waals surface area (Å²) in [7, 11) is -3.99. The lowest BCUT2D eigenvalue weighted by molar-refractivity contribution is -0.142. The van der Waals surface area contributed by atoms with E-state index < -0.39 is 98.7 Å². The van der Waals surface area contributed by atoms with Crippen LogP contribution in [-0.2, 0) is 51.8 Å². The Kier molecular flexibility index (Phi) is 11.8. The zero-order chi connectivity index (χ0) is 40.5. The number of sulfonamides is 1. The molecule has 4 aliphatic rings. The number of hydrogen-bond acceptors (Lipinski definition) is 10. The van der Waals surface area contributed by atoms with Gasteiger partial charge in [-0.25, -0.2) is 22.4 Å². The topological polar surface area (TPSA) is 201 Å². The summed E-state index contributed by atoms with van der Waals surface area (Å²) < 4.78 is 53.0. The zero-order valence-corrected chi connectivity index (χ0v) is 31.9. The van der Waals surface area contributed by atoms with E-state index >= 15 is 0 Å². The maximum absolute atomic E-state index is 14.5. The Morgan fingerprint density at radius 2 is 1.82 bits per heavy atom. The number of nitrogens with one attached hydrogen (secondary N) is 3. The van der Waals surface area contributed by atoms with Gasteiger partial charge in [-0.1, -0.05) is 30.9 Å². The lowest BCUT2D eigenvalue weighted by Gasteiger charge is -2.32. The number of carbonyl (C=O) groups is 6. The molecular formula is C37H47FN6O10S. The van der Waals surface area contributed by atoms with E-state index in [9.17, 15) is 41.6 Å². The molecule has 2 aliphatic carbocycles. The standard InChI is InChI=1S/C37H47FN6O10S/c1-7-15-42(30(45)9-3)21-28(39-34(49)54-36(4,5)6)32(47)44-19-24(53-35(50)43-18-22-11-10-12-27(38)26(22)20-43)16-29(44)31(46)40-37(17-23(37)8-2)33(48)41-55(51,52)25-13-14-25/h7-12,23-25,28-29H,1-3,13-21H2,4-6H3,(H,39,49)(H,40,46)(H,41,48)/t23-,24-,28+,29?,37-/m1/s1. The summed E-state index contributed by atoms with van der Waals surface area (Å²) >= 11 is 0. The van der Waals surface area contributed by atoms with Crippen molar-refractivity contribution in [2.45, 2.75) is 94.1 Å². The summed E-state index contributed by atoms with van der Waals surface area (Å²) in [6.07, 6.45) is 1.45. The van der Waals surface area contributed by atoms with E-state index in [-0.39, 0.29) is 39.0 Å². The molecule has 1 unspecified atom stereocenters. The highest BCUT2D eigenvalue weighted by atomic mass is 32.2. The lowest BCUT2D eigenvalue weighted by atomic mass is 10.1. The highest BCUT2D eigenvalue weighted by Crippen LogP contribution is 2.45. The van der Waals surface area contributed by atoms with Gasteiger partial charge in [-0.3, -0.25) is 28.8 Å². The Labute approximate surface area is 319 Å². The van der Waals surface area contributed by atoms with Crippen molar-refractivity contribution in [1.82, 2.24) is 30.1 Å². The number of hydrogen-bond donors (Lipinski definition) is 3. The van der Waals surface area contributed by atoms with Crippen LogP contribution < -0.4 is 15.4 Å². The Balaban J connectivity index is 1.42. The number of benzene rings is 1. The number of likely N-dealkylation sites (tertiary alicyclic amines) is 1. The van der Waals surface area contributed by atoms with Crippen LogP contribution in [0.4, 0.5) is 14.0 Å². The first-order chi connectivity index (χ1) is 25.8. The van der Waals surface area contributed by atoms with Gasteiger partial charge in [-0.05, 0) is 57.7 Å². The molecule has 2 saturated carbocycles. The second-order valence-corrected chi connectivity index (χ2v) is 17.1. The lowest BCUT2D eigenvalue weighted by Crippen LogP contribution is -2.60. The molecular weight excluding hydrogens is 740 g/mol. The number of carbonyl (C=O) groups excluding carboxylic acids is 6. The average molecular weight is 787 g/mol. The number of amides is 6. The van der Waals surface area contributed by atoms with E-state index in [0.29, 0.717) is 24.0 Å². The second kappa shape index (κ2) is 15.8. The van der Waals surface area contributed by atoms with Gasteiger partial charge in [0.25, 0.3) is 5.91 Å². The van der Waals surface area contributed by atoms with Gasteiger partial charge in [0.2, 0.25) is 27.7 Å². The minimum Gasteiger partial charge on any atom is -0.444 e. The zero-order valence-electron chi connectivity index (χ0n) is 31.0. The van der Waals surface area contributed by atoms with E-state index in [4.69, 9.17) is 9.47 Å². The molecule has 1 saturated heterocycles. The fourth-order valence-corrected chi connectivity index (χ4v) is 8.08. The third kappa shape index (κ3) is 9.35. The van der Waals surface area contributed by atoms with Crippen molar-refractivity contribution in [2.75, 3.05) is 19.6 Å². The number of nitrogens with zero attached hydrogens (tertiary/aromatic N) is 3. The molecule has 55 heavy (non-hydrogen) atoms. The summed E-state index contributed by atoms with van der Waals surface area (Å²) in [5.41, 5.74) is -1.74. The Hall–Kier alpha value is -5.26. The molecule has 6 amide bonds. The monoisotopic (exact) mass is 786 g/mol. The van der Waals surface area contributed by atoms with Crippen LogP contribution in [0.1, 0.15) is 57.6 Å². The van der Waals surface area contributed by atoms with Gasteiger partial charge in [0.05, 0.1) is 24.9 Å². The number of alkyl carbamates (subject to hydrolysis) is 1. The molecule has 2 aliphatic heterocycles. The van der Waals surface area contributed by atoms with Crippen molar-refractivity contribution in [3.05, 3.63) is 73.1 Å². The first-order valence-electron chi connectivity index (χ1n) is 17.9. The molecule has 0 spiro atoms. The molecule has 5 rings (SSSR count).